The lowest BCUT2D eigenvalue weighted by Gasteiger charge is -2.11. The van der Waals surface area contributed by atoms with Crippen LogP contribution in [0.5, 0.6) is 0 Å². The lowest BCUT2D eigenvalue weighted by atomic mass is 10.2. The lowest BCUT2D eigenvalue weighted by molar-refractivity contribution is 0.561. The minimum atomic E-state index is -3.41. The molecule has 0 aliphatic heterocycles. The number of sulfonamides is 1. The summed E-state index contributed by atoms with van der Waals surface area (Å²) in [6.45, 7) is 1.92. The summed E-state index contributed by atoms with van der Waals surface area (Å²) >= 11 is 0. The van der Waals surface area contributed by atoms with E-state index in [1.807, 2.05) is 0 Å². The van der Waals surface area contributed by atoms with Gasteiger partial charge in [0.25, 0.3) is 0 Å². The monoisotopic (exact) mass is 282 g/mol. The number of rotatable bonds is 5. The summed E-state index contributed by atoms with van der Waals surface area (Å²) in [5.74, 6) is -0.554. The van der Waals surface area contributed by atoms with Crippen LogP contribution in [0, 0.1) is 5.82 Å². The Morgan fingerprint density at radius 1 is 1.35 bits per heavy atom. The van der Waals surface area contributed by atoms with Gasteiger partial charge in [-0.15, -0.1) is 12.4 Å². The highest BCUT2D eigenvalue weighted by atomic mass is 35.5. The van der Waals surface area contributed by atoms with Crippen LogP contribution in [0.25, 0.3) is 0 Å². The van der Waals surface area contributed by atoms with E-state index >= 15 is 0 Å². The van der Waals surface area contributed by atoms with Crippen molar-refractivity contribution in [3.05, 3.63) is 35.6 Å². The molecule has 4 nitrogen and oxygen atoms in total. The number of nitrogens with two attached hydrogens (primary N) is 1. The number of hydrogen-bond donors (Lipinski definition) is 2. The molecule has 0 heterocycles. The quantitative estimate of drug-likeness (QED) is 0.847. The Kier molecular flexibility index (Phi) is 6.62. The van der Waals surface area contributed by atoms with Gasteiger partial charge in [0.2, 0.25) is 10.0 Å². The third-order valence-corrected chi connectivity index (χ3v) is 3.48. The number of hydrogen-bond acceptors (Lipinski definition) is 3. The maximum atomic E-state index is 12.6. The van der Waals surface area contributed by atoms with E-state index < -0.39 is 10.0 Å². The summed E-state index contributed by atoms with van der Waals surface area (Å²) in [4.78, 5) is 0. The molecule has 1 aromatic carbocycles. The number of benzene rings is 1. The molecule has 1 atom stereocenters. The van der Waals surface area contributed by atoms with Crippen LogP contribution in [0.3, 0.4) is 0 Å². The van der Waals surface area contributed by atoms with Gasteiger partial charge in [-0.25, -0.2) is 17.5 Å². The van der Waals surface area contributed by atoms with Crippen molar-refractivity contribution in [1.82, 2.24) is 4.72 Å². The van der Waals surface area contributed by atoms with Crippen LogP contribution in [0.1, 0.15) is 12.5 Å². The lowest BCUT2D eigenvalue weighted by Crippen LogP contribution is -2.38. The van der Waals surface area contributed by atoms with Crippen molar-refractivity contribution in [2.24, 2.45) is 5.73 Å². The summed E-state index contributed by atoms with van der Waals surface area (Å²) < 4.78 is 38.2. The summed E-state index contributed by atoms with van der Waals surface area (Å²) in [6.07, 6.45) is 0. The molecule has 0 aliphatic carbocycles. The smallest absolute Gasteiger partial charge is 0.216 e. The van der Waals surface area contributed by atoms with Gasteiger partial charge in [-0.1, -0.05) is 12.1 Å². The second kappa shape index (κ2) is 6.90. The van der Waals surface area contributed by atoms with Crippen molar-refractivity contribution in [2.75, 3.05) is 6.54 Å². The zero-order valence-corrected chi connectivity index (χ0v) is 11.0. The van der Waals surface area contributed by atoms with Crippen LogP contribution in [-0.4, -0.2) is 21.0 Å². The largest absolute Gasteiger partial charge is 0.329 e. The average molecular weight is 283 g/mol. The van der Waals surface area contributed by atoms with Crippen LogP contribution in [0.15, 0.2) is 24.3 Å². The first-order valence-corrected chi connectivity index (χ1v) is 6.52. The van der Waals surface area contributed by atoms with Gasteiger partial charge in [-0.2, -0.15) is 0 Å². The van der Waals surface area contributed by atoms with E-state index in [4.69, 9.17) is 5.73 Å². The first-order chi connectivity index (χ1) is 7.43. The SMILES string of the molecule is C[C@H](CN)NS(=O)(=O)Cc1ccc(F)cc1.Cl. The molecule has 0 spiro atoms. The van der Waals surface area contributed by atoms with Crippen molar-refractivity contribution in [1.29, 1.82) is 0 Å². The second-order valence-corrected chi connectivity index (χ2v) is 5.39. The van der Waals surface area contributed by atoms with Gasteiger partial charge < -0.3 is 5.73 Å². The van der Waals surface area contributed by atoms with Crippen molar-refractivity contribution >= 4 is 22.4 Å². The first kappa shape index (κ1) is 16.3. The average Bonchev–Trinajstić information content (AvgIpc) is 2.20. The van der Waals surface area contributed by atoms with Gasteiger partial charge in [0, 0.05) is 12.6 Å². The van der Waals surface area contributed by atoms with Gasteiger partial charge in [0.1, 0.15) is 5.82 Å². The molecule has 1 aromatic rings. The minimum Gasteiger partial charge on any atom is -0.329 e. The standard InChI is InChI=1S/C10H15FN2O2S.ClH/c1-8(6-12)13-16(14,15)7-9-2-4-10(11)5-3-9;/h2-5,8,13H,6-7,12H2,1H3;1H/t8-;/m1./s1. The molecule has 0 saturated heterocycles. The van der Waals surface area contributed by atoms with E-state index in [1.54, 1.807) is 6.92 Å². The predicted molar refractivity (Wildman–Crippen MR) is 67.9 cm³/mol. The van der Waals surface area contributed by atoms with Gasteiger partial charge >= 0.3 is 0 Å². The normalized spacial score (nSPS) is 12.9. The molecule has 0 saturated carbocycles. The molecule has 0 unspecified atom stereocenters. The Bertz CT molecular complexity index is 436. The number of nitrogens with one attached hydrogen (secondary N) is 1. The highest BCUT2D eigenvalue weighted by molar-refractivity contribution is 7.88. The molecule has 0 bridgehead atoms. The first-order valence-electron chi connectivity index (χ1n) is 4.87. The van der Waals surface area contributed by atoms with E-state index in [9.17, 15) is 12.8 Å². The molecule has 0 radical (unpaired) electrons. The predicted octanol–water partition coefficient (Wildman–Crippen LogP) is 1.01. The maximum Gasteiger partial charge on any atom is 0.216 e. The van der Waals surface area contributed by atoms with Gasteiger partial charge in [-0.3, -0.25) is 0 Å². The van der Waals surface area contributed by atoms with E-state index in [1.165, 1.54) is 24.3 Å². The fourth-order valence-electron chi connectivity index (χ4n) is 1.20. The van der Waals surface area contributed by atoms with E-state index in [0.29, 0.717) is 5.56 Å². The molecule has 7 heteroatoms. The highest BCUT2D eigenvalue weighted by Crippen LogP contribution is 2.06. The molecular weight excluding hydrogens is 267 g/mol. The van der Waals surface area contributed by atoms with Crippen LogP contribution < -0.4 is 10.5 Å². The molecule has 0 aromatic heterocycles. The van der Waals surface area contributed by atoms with Crippen LogP contribution in [0.4, 0.5) is 4.39 Å². The van der Waals surface area contributed by atoms with Crippen molar-refractivity contribution in [3.63, 3.8) is 0 Å². The molecule has 0 amide bonds. The van der Waals surface area contributed by atoms with Crippen molar-refractivity contribution < 1.29 is 12.8 Å². The third kappa shape index (κ3) is 5.97. The Morgan fingerprint density at radius 2 is 1.88 bits per heavy atom. The second-order valence-electron chi connectivity index (χ2n) is 3.64. The van der Waals surface area contributed by atoms with Crippen LogP contribution >= 0.6 is 12.4 Å². The summed E-state index contributed by atoms with van der Waals surface area (Å²) in [7, 11) is -3.41. The van der Waals surface area contributed by atoms with E-state index in [-0.39, 0.29) is 36.6 Å². The molecule has 0 fully saturated rings. The topological polar surface area (TPSA) is 72.2 Å². The van der Waals surface area contributed by atoms with E-state index in [2.05, 4.69) is 4.72 Å². The summed E-state index contributed by atoms with van der Waals surface area (Å²) in [6, 6.07) is 5.06. The Balaban J connectivity index is 0.00000256. The molecule has 1 rings (SSSR count). The minimum absolute atomic E-state index is 0. The Morgan fingerprint density at radius 3 is 2.35 bits per heavy atom. The molecule has 0 aliphatic rings. The van der Waals surface area contributed by atoms with Gasteiger partial charge in [0.05, 0.1) is 5.75 Å². The van der Waals surface area contributed by atoms with Gasteiger partial charge in [-0.05, 0) is 24.6 Å². The molecule has 17 heavy (non-hydrogen) atoms. The summed E-state index contributed by atoms with van der Waals surface area (Å²) in [5.41, 5.74) is 5.86. The molecule has 3 N–H and O–H groups in total. The Labute approximate surface area is 107 Å². The van der Waals surface area contributed by atoms with Crippen LogP contribution in [-0.2, 0) is 15.8 Å². The highest BCUT2D eigenvalue weighted by Gasteiger charge is 2.14. The zero-order chi connectivity index (χ0) is 12.2. The van der Waals surface area contributed by atoms with E-state index in [0.717, 1.165) is 0 Å². The van der Waals surface area contributed by atoms with Crippen LogP contribution in [0.2, 0.25) is 0 Å². The van der Waals surface area contributed by atoms with Crippen molar-refractivity contribution in [3.8, 4) is 0 Å². The molecule has 98 valence electrons. The van der Waals surface area contributed by atoms with Gasteiger partial charge in [0.15, 0.2) is 0 Å². The fraction of sp³-hybridized carbons (Fsp3) is 0.400. The third-order valence-electron chi connectivity index (χ3n) is 2.00. The number of halogens is 2. The van der Waals surface area contributed by atoms with Crippen molar-refractivity contribution in [2.45, 2.75) is 18.7 Å². The fourth-order valence-corrected chi connectivity index (χ4v) is 2.62. The summed E-state index contributed by atoms with van der Waals surface area (Å²) in [5, 5.41) is 0. The Hall–Kier alpha value is -0.690. The maximum absolute atomic E-state index is 12.6. The molecular formula is C10H16ClFN2O2S. The zero-order valence-electron chi connectivity index (χ0n) is 9.39.